The van der Waals surface area contributed by atoms with Gasteiger partial charge >= 0.3 is 0 Å². The fraction of sp³-hybridized carbons (Fsp3) is 0.417. The van der Waals surface area contributed by atoms with Gasteiger partial charge in [0.05, 0.1) is 11.9 Å². The van der Waals surface area contributed by atoms with Gasteiger partial charge in [0.15, 0.2) is 0 Å². The zero-order valence-corrected chi connectivity index (χ0v) is 18.8. The van der Waals surface area contributed by atoms with Gasteiger partial charge in [0.2, 0.25) is 11.9 Å². The lowest BCUT2D eigenvalue weighted by molar-refractivity contribution is -0.130. The van der Waals surface area contributed by atoms with E-state index in [-0.39, 0.29) is 17.6 Å². The summed E-state index contributed by atoms with van der Waals surface area (Å²) in [6.45, 7) is 1.39. The van der Waals surface area contributed by atoms with E-state index in [0.717, 1.165) is 48.2 Å². The maximum Gasteiger partial charge on any atom is 0.225 e. The van der Waals surface area contributed by atoms with Gasteiger partial charge in [0.25, 0.3) is 0 Å². The zero-order chi connectivity index (χ0) is 22.7. The fourth-order valence-corrected chi connectivity index (χ4v) is 4.16. The van der Waals surface area contributed by atoms with Gasteiger partial charge < -0.3 is 9.80 Å². The highest BCUT2D eigenvalue weighted by Gasteiger charge is 2.30. The average molecular weight is 437 g/mol. The number of carbonyl (C=O) groups is 1. The van der Waals surface area contributed by atoms with Crippen LogP contribution in [0, 0.1) is 5.82 Å². The molecule has 32 heavy (non-hydrogen) atoms. The molecule has 3 heterocycles. The predicted octanol–water partition coefficient (Wildman–Crippen LogP) is 3.42. The van der Waals surface area contributed by atoms with Gasteiger partial charge in [0, 0.05) is 70.1 Å². The van der Waals surface area contributed by atoms with Crippen molar-refractivity contribution in [3.05, 3.63) is 59.9 Å². The summed E-state index contributed by atoms with van der Waals surface area (Å²) in [6, 6.07) is 6.49. The van der Waals surface area contributed by atoms with Crippen LogP contribution in [0.2, 0.25) is 0 Å². The van der Waals surface area contributed by atoms with Gasteiger partial charge in [-0.25, -0.2) is 14.4 Å². The van der Waals surface area contributed by atoms with E-state index in [9.17, 15) is 9.18 Å². The molecule has 4 rings (SSSR count). The second-order valence-corrected chi connectivity index (χ2v) is 8.57. The Balaban J connectivity index is 1.43. The smallest absolute Gasteiger partial charge is 0.225 e. The second kappa shape index (κ2) is 9.46. The molecule has 1 amide bonds. The Morgan fingerprint density at radius 2 is 2.00 bits per heavy atom. The van der Waals surface area contributed by atoms with Crippen molar-refractivity contribution in [2.75, 3.05) is 32.1 Å². The van der Waals surface area contributed by atoms with Crippen molar-refractivity contribution in [1.82, 2.24) is 24.6 Å². The predicted molar refractivity (Wildman–Crippen MR) is 122 cm³/mol. The van der Waals surface area contributed by atoms with Crippen LogP contribution in [-0.4, -0.2) is 57.7 Å². The normalized spacial score (nSPS) is 15.9. The minimum atomic E-state index is -0.235. The van der Waals surface area contributed by atoms with Crippen LogP contribution in [0.5, 0.6) is 0 Å². The van der Waals surface area contributed by atoms with Crippen molar-refractivity contribution in [1.29, 1.82) is 0 Å². The van der Waals surface area contributed by atoms with E-state index in [2.05, 4.69) is 10.1 Å². The SMILES string of the molecule is CN(C)c1ncc(-c2cnn(C)c2)c([C@H]2CCN(C(=O)CCCc3ccc(F)cc3)C2)n1. The van der Waals surface area contributed by atoms with Gasteiger partial charge in [0.1, 0.15) is 5.82 Å². The van der Waals surface area contributed by atoms with Crippen LogP contribution in [0.15, 0.2) is 42.9 Å². The Morgan fingerprint density at radius 1 is 1.22 bits per heavy atom. The largest absolute Gasteiger partial charge is 0.347 e. The molecule has 1 saturated heterocycles. The first kappa shape index (κ1) is 21.9. The molecule has 168 valence electrons. The van der Waals surface area contributed by atoms with Crippen molar-refractivity contribution in [3.8, 4) is 11.1 Å². The zero-order valence-electron chi connectivity index (χ0n) is 18.8. The van der Waals surface area contributed by atoms with Crippen molar-refractivity contribution in [2.24, 2.45) is 7.05 Å². The quantitative estimate of drug-likeness (QED) is 0.568. The van der Waals surface area contributed by atoms with Crippen LogP contribution in [0.1, 0.15) is 36.4 Å². The number of carbonyl (C=O) groups excluding carboxylic acids is 1. The third-order valence-corrected chi connectivity index (χ3v) is 5.92. The topological polar surface area (TPSA) is 67.2 Å². The number of aryl methyl sites for hydroxylation is 2. The summed E-state index contributed by atoms with van der Waals surface area (Å²) in [6.07, 6.45) is 8.54. The highest BCUT2D eigenvalue weighted by Crippen LogP contribution is 2.34. The number of rotatable bonds is 7. The molecule has 1 atom stereocenters. The molecule has 0 spiro atoms. The molecule has 8 heteroatoms. The lowest BCUT2D eigenvalue weighted by Crippen LogP contribution is -2.28. The Labute approximate surface area is 187 Å². The van der Waals surface area contributed by atoms with Gasteiger partial charge in [-0.1, -0.05) is 12.1 Å². The van der Waals surface area contributed by atoms with Crippen LogP contribution in [-0.2, 0) is 18.3 Å². The standard InChI is InChI=1S/C24H29FN6O/c1-29(2)24-26-14-21(19-13-27-30(3)15-19)23(28-24)18-11-12-31(16-18)22(32)6-4-5-17-7-9-20(25)10-8-17/h7-10,13-15,18H,4-6,11-12,16H2,1-3H3/t18-/m0/s1. The average Bonchev–Trinajstić information content (AvgIpc) is 3.44. The number of likely N-dealkylation sites (tertiary alicyclic amines) is 1. The van der Waals surface area contributed by atoms with Gasteiger partial charge in [-0.3, -0.25) is 9.48 Å². The van der Waals surface area contributed by atoms with Crippen LogP contribution in [0.25, 0.3) is 11.1 Å². The van der Waals surface area contributed by atoms with E-state index in [1.807, 2.05) is 49.5 Å². The third kappa shape index (κ3) is 4.95. The van der Waals surface area contributed by atoms with Crippen molar-refractivity contribution < 1.29 is 9.18 Å². The Bertz CT molecular complexity index is 1080. The molecule has 0 saturated carbocycles. The van der Waals surface area contributed by atoms with Crippen LogP contribution >= 0.6 is 0 Å². The van der Waals surface area contributed by atoms with E-state index in [1.165, 1.54) is 12.1 Å². The minimum Gasteiger partial charge on any atom is -0.347 e. The molecule has 3 aromatic rings. The summed E-state index contributed by atoms with van der Waals surface area (Å²) in [7, 11) is 5.74. The number of aromatic nitrogens is 4. The molecule has 0 N–H and O–H groups in total. The number of benzene rings is 1. The van der Waals surface area contributed by atoms with Crippen molar-refractivity contribution >= 4 is 11.9 Å². The first-order valence-electron chi connectivity index (χ1n) is 11.0. The fourth-order valence-electron chi connectivity index (χ4n) is 4.16. The first-order valence-corrected chi connectivity index (χ1v) is 11.0. The van der Waals surface area contributed by atoms with E-state index in [1.54, 1.807) is 16.8 Å². The molecule has 0 radical (unpaired) electrons. The molecule has 2 aromatic heterocycles. The highest BCUT2D eigenvalue weighted by atomic mass is 19.1. The molecular formula is C24H29FN6O. The molecule has 1 aromatic carbocycles. The summed E-state index contributed by atoms with van der Waals surface area (Å²) in [5.41, 5.74) is 3.98. The molecule has 0 aliphatic carbocycles. The van der Waals surface area contributed by atoms with Crippen LogP contribution in [0.3, 0.4) is 0 Å². The Hall–Kier alpha value is -3.29. The van der Waals surface area contributed by atoms with Gasteiger partial charge in [-0.15, -0.1) is 0 Å². The molecule has 1 aliphatic heterocycles. The molecule has 0 unspecified atom stereocenters. The van der Waals surface area contributed by atoms with Gasteiger partial charge in [-0.05, 0) is 37.0 Å². The monoisotopic (exact) mass is 436 g/mol. The number of anilines is 1. The van der Waals surface area contributed by atoms with E-state index in [0.29, 0.717) is 18.9 Å². The lowest BCUT2D eigenvalue weighted by atomic mass is 9.97. The molecule has 0 bridgehead atoms. The lowest BCUT2D eigenvalue weighted by Gasteiger charge is -2.19. The third-order valence-electron chi connectivity index (χ3n) is 5.92. The molecule has 1 fully saturated rings. The van der Waals surface area contributed by atoms with Crippen molar-refractivity contribution in [2.45, 2.75) is 31.6 Å². The summed E-state index contributed by atoms with van der Waals surface area (Å²) in [5, 5.41) is 4.29. The summed E-state index contributed by atoms with van der Waals surface area (Å²) < 4.78 is 14.8. The minimum absolute atomic E-state index is 0.160. The van der Waals surface area contributed by atoms with Crippen molar-refractivity contribution in [3.63, 3.8) is 0 Å². The molecular weight excluding hydrogens is 407 g/mol. The number of halogens is 1. The maximum absolute atomic E-state index is 13.0. The summed E-state index contributed by atoms with van der Waals surface area (Å²) in [4.78, 5) is 26.0. The Morgan fingerprint density at radius 3 is 2.69 bits per heavy atom. The maximum atomic E-state index is 13.0. The number of hydrogen-bond acceptors (Lipinski definition) is 5. The Kier molecular flexibility index (Phi) is 6.48. The second-order valence-electron chi connectivity index (χ2n) is 8.57. The summed E-state index contributed by atoms with van der Waals surface area (Å²) in [5.74, 6) is 0.754. The number of nitrogens with zero attached hydrogens (tertiary/aromatic N) is 6. The highest BCUT2D eigenvalue weighted by molar-refractivity contribution is 5.76. The number of amides is 1. The van der Waals surface area contributed by atoms with E-state index >= 15 is 0 Å². The van der Waals surface area contributed by atoms with Gasteiger partial charge in [-0.2, -0.15) is 5.10 Å². The summed E-state index contributed by atoms with van der Waals surface area (Å²) >= 11 is 0. The molecule has 7 nitrogen and oxygen atoms in total. The first-order chi connectivity index (χ1) is 15.4. The van der Waals surface area contributed by atoms with Crippen LogP contribution in [0.4, 0.5) is 10.3 Å². The van der Waals surface area contributed by atoms with Crippen LogP contribution < -0.4 is 4.90 Å². The number of hydrogen-bond donors (Lipinski definition) is 0. The molecule has 1 aliphatic rings. The van der Waals surface area contributed by atoms with E-state index in [4.69, 9.17) is 4.98 Å². The van der Waals surface area contributed by atoms with E-state index < -0.39 is 0 Å².